The number of nitrogens with one attached hydrogen (secondary N) is 1. The zero-order valence-electron chi connectivity index (χ0n) is 18.6. The van der Waals surface area contributed by atoms with Crippen LogP contribution in [0.25, 0.3) is 10.8 Å². The van der Waals surface area contributed by atoms with Gasteiger partial charge in [0.2, 0.25) is 5.82 Å². The summed E-state index contributed by atoms with van der Waals surface area (Å²) in [6, 6.07) is 9.52. The predicted octanol–water partition coefficient (Wildman–Crippen LogP) is 4.15. The minimum atomic E-state index is -4.52. The summed E-state index contributed by atoms with van der Waals surface area (Å²) in [5, 5.41) is 12.5. The molecule has 4 heterocycles. The Bertz CT molecular complexity index is 1360. The number of hydrogen-bond donors (Lipinski definition) is 2. The third-order valence-corrected chi connectivity index (χ3v) is 6.18. The van der Waals surface area contributed by atoms with Crippen molar-refractivity contribution in [3.05, 3.63) is 65.5 Å². The van der Waals surface area contributed by atoms with Crippen molar-refractivity contribution >= 4 is 28.1 Å². The largest absolute Gasteiger partial charge is 0.451 e. The van der Waals surface area contributed by atoms with E-state index in [9.17, 15) is 13.2 Å². The first kappa shape index (κ1) is 21.9. The number of halogens is 3. The Hall–Kier alpha value is -3.89. The fourth-order valence-corrected chi connectivity index (χ4v) is 4.32. The molecule has 1 aromatic carbocycles. The molecule has 0 saturated carbocycles. The quantitative estimate of drug-likeness (QED) is 0.464. The molecule has 11 heteroatoms. The second kappa shape index (κ2) is 8.15. The Morgan fingerprint density at radius 1 is 1.15 bits per heavy atom. The molecule has 176 valence electrons. The number of aryl methyl sites for hydroxylation is 1. The molecule has 1 aliphatic heterocycles. The molecule has 0 spiro atoms. The normalized spacial score (nSPS) is 16.0. The highest BCUT2D eigenvalue weighted by Crippen LogP contribution is 2.32. The van der Waals surface area contributed by atoms with Gasteiger partial charge in [0.1, 0.15) is 11.6 Å². The van der Waals surface area contributed by atoms with E-state index < -0.39 is 12.0 Å². The van der Waals surface area contributed by atoms with Crippen molar-refractivity contribution in [3.8, 4) is 0 Å². The molecular formula is C23H23F3N8. The number of anilines is 3. The maximum Gasteiger partial charge on any atom is 0.451 e. The maximum absolute atomic E-state index is 13.2. The number of nitrogens with two attached hydrogens (primary N) is 1. The van der Waals surface area contributed by atoms with Crippen LogP contribution in [0.3, 0.4) is 0 Å². The van der Waals surface area contributed by atoms with Crippen LogP contribution in [0, 0.1) is 6.92 Å². The van der Waals surface area contributed by atoms with Gasteiger partial charge >= 0.3 is 6.18 Å². The summed E-state index contributed by atoms with van der Waals surface area (Å²) in [4.78, 5) is 10.7. The van der Waals surface area contributed by atoms with Crippen molar-refractivity contribution in [3.63, 3.8) is 0 Å². The summed E-state index contributed by atoms with van der Waals surface area (Å²) in [5.41, 5.74) is 8.96. The second-order valence-electron chi connectivity index (χ2n) is 8.44. The Morgan fingerprint density at radius 3 is 2.74 bits per heavy atom. The molecule has 3 aromatic heterocycles. The van der Waals surface area contributed by atoms with E-state index in [4.69, 9.17) is 5.73 Å². The van der Waals surface area contributed by atoms with E-state index in [1.165, 1.54) is 0 Å². The van der Waals surface area contributed by atoms with Gasteiger partial charge in [0, 0.05) is 48.0 Å². The Labute approximate surface area is 193 Å². The molecule has 0 bridgehead atoms. The van der Waals surface area contributed by atoms with Gasteiger partial charge in [-0.05, 0) is 43.2 Å². The predicted molar refractivity (Wildman–Crippen MR) is 123 cm³/mol. The summed E-state index contributed by atoms with van der Waals surface area (Å²) >= 11 is 0. The molecule has 0 fully saturated rings. The van der Waals surface area contributed by atoms with E-state index in [1.807, 2.05) is 49.1 Å². The molecule has 1 aliphatic rings. The monoisotopic (exact) mass is 468 g/mol. The van der Waals surface area contributed by atoms with Crippen LogP contribution in [0.1, 0.15) is 29.7 Å². The molecule has 5 rings (SSSR count). The number of nitrogen functional groups attached to an aromatic ring is 1. The van der Waals surface area contributed by atoms with Crippen LogP contribution in [-0.2, 0) is 25.8 Å². The minimum absolute atomic E-state index is 0.139. The van der Waals surface area contributed by atoms with E-state index in [-0.39, 0.29) is 25.0 Å². The molecule has 0 saturated heterocycles. The van der Waals surface area contributed by atoms with Gasteiger partial charge in [0.05, 0.1) is 6.54 Å². The summed E-state index contributed by atoms with van der Waals surface area (Å²) in [6.45, 7) is 4.77. The molecule has 8 nitrogen and oxygen atoms in total. The smallest absolute Gasteiger partial charge is 0.383 e. The first-order valence-corrected chi connectivity index (χ1v) is 10.8. The van der Waals surface area contributed by atoms with Gasteiger partial charge in [0.25, 0.3) is 0 Å². The van der Waals surface area contributed by atoms with Crippen LogP contribution in [0.2, 0.25) is 0 Å². The zero-order valence-corrected chi connectivity index (χ0v) is 18.6. The summed E-state index contributed by atoms with van der Waals surface area (Å²) < 4.78 is 40.7. The lowest BCUT2D eigenvalue weighted by Crippen LogP contribution is -2.42. The fourth-order valence-electron chi connectivity index (χ4n) is 4.32. The first-order valence-electron chi connectivity index (χ1n) is 10.8. The highest BCUT2D eigenvalue weighted by molar-refractivity contribution is 5.99. The zero-order chi connectivity index (χ0) is 24.0. The van der Waals surface area contributed by atoms with Crippen molar-refractivity contribution in [1.82, 2.24) is 24.7 Å². The van der Waals surface area contributed by atoms with Gasteiger partial charge < -0.3 is 20.5 Å². The first-order chi connectivity index (χ1) is 16.2. The summed E-state index contributed by atoms with van der Waals surface area (Å²) in [6.07, 6.45) is -1.04. The van der Waals surface area contributed by atoms with Crippen molar-refractivity contribution < 1.29 is 13.2 Å². The van der Waals surface area contributed by atoms with E-state index in [0.29, 0.717) is 18.2 Å². The van der Waals surface area contributed by atoms with Crippen LogP contribution in [0.5, 0.6) is 0 Å². The Kier molecular flexibility index (Phi) is 5.26. The average molecular weight is 468 g/mol. The highest BCUT2D eigenvalue weighted by atomic mass is 19.4. The van der Waals surface area contributed by atoms with Gasteiger partial charge in [-0.1, -0.05) is 12.1 Å². The van der Waals surface area contributed by atoms with E-state index in [0.717, 1.165) is 32.2 Å². The van der Waals surface area contributed by atoms with Crippen molar-refractivity contribution in [2.45, 2.75) is 45.7 Å². The van der Waals surface area contributed by atoms with Crippen LogP contribution in [-0.4, -0.2) is 30.8 Å². The number of aromatic nitrogens is 5. The van der Waals surface area contributed by atoms with Crippen LogP contribution in [0.4, 0.5) is 30.5 Å². The number of fused-ring (bicyclic) bond motifs is 2. The highest BCUT2D eigenvalue weighted by Gasteiger charge is 2.40. The molecule has 34 heavy (non-hydrogen) atoms. The van der Waals surface area contributed by atoms with Crippen molar-refractivity contribution in [2.75, 3.05) is 16.0 Å². The number of rotatable bonds is 4. The van der Waals surface area contributed by atoms with Gasteiger partial charge in [-0.2, -0.15) is 13.2 Å². The minimum Gasteiger partial charge on any atom is -0.383 e. The number of pyridine rings is 2. The van der Waals surface area contributed by atoms with E-state index in [2.05, 4.69) is 25.5 Å². The molecule has 0 amide bonds. The summed E-state index contributed by atoms with van der Waals surface area (Å²) in [5.74, 6) is 0.503. The average Bonchev–Trinajstić information content (AvgIpc) is 3.21. The SMILES string of the molecule is Cc1cc(N2Cc3nnc(C(F)(F)F)n3C[C@H]2C)ncc1CNc1cccc2c(N)nccc12. The molecule has 0 unspecified atom stereocenters. The van der Waals surface area contributed by atoms with Crippen LogP contribution in [0.15, 0.2) is 42.7 Å². The molecule has 0 aliphatic carbocycles. The lowest BCUT2D eigenvalue weighted by Gasteiger charge is -2.35. The van der Waals surface area contributed by atoms with Crippen LogP contribution < -0.4 is 16.0 Å². The molecule has 0 radical (unpaired) electrons. The maximum atomic E-state index is 13.2. The standard InChI is InChI=1S/C23H23F3N8/c1-13-8-19(33-12-20-31-32-22(23(24,25)26)34(20)11-14(33)2)30-10-15(13)9-29-18-5-3-4-17-16(18)6-7-28-21(17)27/h3-8,10,14,29H,9,11-12H2,1-2H3,(H2,27,28)/t14-/m1/s1. The van der Waals surface area contributed by atoms with Gasteiger partial charge in [0.15, 0.2) is 5.82 Å². The Morgan fingerprint density at radius 2 is 1.97 bits per heavy atom. The van der Waals surface area contributed by atoms with Crippen molar-refractivity contribution in [2.24, 2.45) is 0 Å². The van der Waals surface area contributed by atoms with Crippen molar-refractivity contribution in [1.29, 1.82) is 0 Å². The third-order valence-electron chi connectivity index (χ3n) is 6.18. The number of hydrogen-bond acceptors (Lipinski definition) is 7. The number of nitrogens with zero attached hydrogens (tertiary/aromatic N) is 6. The van der Waals surface area contributed by atoms with E-state index in [1.54, 1.807) is 12.4 Å². The third kappa shape index (κ3) is 3.87. The lowest BCUT2D eigenvalue weighted by atomic mass is 10.1. The van der Waals surface area contributed by atoms with Gasteiger partial charge in [-0.15, -0.1) is 10.2 Å². The fraction of sp³-hybridized carbons (Fsp3) is 0.304. The van der Waals surface area contributed by atoms with Gasteiger partial charge in [-0.3, -0.25) is 0 Å². The van der Waals surface area contributed by atoms with Crippen LogP contribution >= 0.6 is 0 Å². The lowest BCUT2D eigenvalue weighted by molar-refractivity contribution is -0.147. The molecular weight excluding hydrogens is 445 g/mol. The summed E-state index contributed by atoms with van der Waals surface area (Å²) in [7, 11) is 0. The number of alkyl halides is 3. The molecule has 3 N–H and O–H groups in total. The number of benzene rings is 1. The van der Waals surface area contributed by atoms with E-state index >= 15 is 0 Å². The Balaban J connectivity index is 1.35. The van der Waals surface area contributed by atoms with Gasteiger partial charge in [-0.25, -0.2) is 9.97 Å². The topological polar surface area (TPSA) is 97.8 Å². The second-order valence-corrected chi connectivity index (χ2v) is 8.44. The molecule has 4 aromatic rings. The molecule has 1 atom stereocenters.